The van der Waals surface area contributed by atoms with Crippen LogP contribution in [0.15, 0.2) is 12.2 Å². The summed E-state index contributed by atoms with van der Waals surface area (Å²) in [6.45, 7) is 7.13. The van der Waals surface area contributed by atoms with Gasteiger partial charge in [0.25, 0.3) is 0 Å². The number of nitrogens with one attached hydrogen (secondary N) is 1. The van der Waals surface area contributed by atoms with Crippen molar-refractivity contribution in [3.63, 3.8) is 0 Å². The minimum Gasteiger partial charge on any atom is -0.478 e. The number of aliphatic carboxylic acids is 1. The molecule has 0 bridgehead atoms. The SMILES string of the molecule is CCC(CC)C(C)NC/C=C/C(=O)O. The Morgan fingerprint density at radius 2 is 2.00 bits per heavy atom. The molecule has 0 heterocycles. The van der Waals surface area contributed by atoms with Gasteiger partial charge in [-0.3, -0.25) is 0 Å². The Morgan fingerprint density at radius 1 is 1.43 bits per heavy atom. The lowest BCUT2D eigenvalue weighted by molar-refractivity contribution is -0.131. The van der Waals surface area contributed by atoms with Crippen LogP contribution in [0.5, 0.6) is 0 Å². The highest BCUT2D eigenvalue weighted by atomic mass is 16.4. The van der Waals surface area contributed by atoms with Gasteiger partial charge in [0.15, 0.2) is 0 Å². The molecule has 0 aromatic heterocycles. The first-order chi connectivity index (χ1) is 6.61. The van der Waals surface area contributed by atoms with Crippen LogP contribution in [0.25, 0.3) is 0 Å². The molecular weight excluding hydrogens is 178 g/mol. The molecule has 1 atom stereocenters. The predicted molar refractivity (Wildman–Crippen MR) is 58.3 cm³/mol. The van der Waals surface area contributed by atoms with E-state index in [0.29, 0.717) is 18.5 Å². The Kier molecular flexibility index (Phi) is 7.11. The fourth-order valence-corrected chi connectivity index (χ4v) is 1.58. The van der Waals surface area contributed by atoms with E-state index in [1.54, 1.807) is 6.08 Å². The zero-order valence-corrected chi connectivity index (χ0v) is 9.29. The molecule has 3 heteroatoms. The number of hydrogen-bond acceptors (Lipinski definition) is 2. The number of carboxylic acid groups (broad SMARTS) is 1. The van der Waals surface area contributed by atoms with E-state index in [1.165, 1.54) is 6.08 Å². The molecule has 1 unspecified atom stereocenters. The van der Waals surface area contributed by atoms with Crippen LogP contribution in [-0.4, -0.2) is 23.7 Å². The number of carboxylic acids is 1. The lowest BCUT2D eigenvalue weighted by Crippen LogP contribution is -2.33. The van der Waals surface area contributed by atoms with Crippen molar-refractivity contribution in [2.45, 2.75) is 39.7 Å². The van der Waals surface area contributed by atoms with Gasteiger partial charge in [0, 0.05) is 18.7 Å². The van der Waals surface area contributed by atoms with Crippen LogP contribution < -0.4 is 5.32 Å². The quantitative estimate of drug-likeness (QED) is 0.617. The minimum atomic E-state index is -0.887. The Morgan fingerprint density at radius 3 is 2.43 bits per heavy atom. The molecule has 0 saturated heterocycles. The van der Waals surface area contributed by atoms with Crippen LogP contribution in [0.1, 0.15) is 33.6 Å². The Hall–Kier alpha value is -0.830. The molecule has 0 amide bonds. The van der Waals surface area contributed by atoms with Crippen molar-refractivity contribution in [1.82, 2.24) is 5.32 Å². The average Bonchev–Trinajstić information content (AvgIpc) is 2.14. The molecule has 0 spiro atoms. The summed E-state index contributed by atoms with van der Waals surface area (Å²) in [6, 6.07) is 0.448. The van der Waals surface area contributed by atoms with Gasteiger partial charge in [0.1, 0.15) is 0 Å². The first kappa shape index (κ1) is 13.2. The summed E-state index contributed by atoms with van der Waals surface area (Å²) < 4.78 is 0. The van der Waals surface area contributed by atoms with Gasteiger partial charge in [0.05, 0.1) is 0 Å². The summed E-state index contributed by atoms with van der Waals surface area (Å²) in [5, 5.41) is 11.7. The fraction of sp³-hybridized carbons (Fsp3) is 0.727. The standard InChI is InChI=1S/C11H21NO2/c1-4-10(5-2)9(3)12-8-6-7-11(13)14/h6-7,9-10,12H,4-5,8H2,1-3H3,(H,13,14)/b7-6+. The van der Waals surface area contributed by atoms with Crippen molar-refractivity contribution in [2.75, 3.05) is 6.54 Å². The van der Waals surface area contributed by atoms with Crippen molar-refractivity contribution in [1.29, 1.82) is 0 Å². The minimum absolute atomic E-state index is 0.448. The van der Waals surface area contributed by atoms with E-state index < -0.39 is 5.97 Å². The molecule has 3 nitrogen and oxygen atoms in total. The van der Waals surface area contributed by atoms with Gasteiger partial charge in [-0.1, -0.05) is 32.8 Å². The van der Waals surface area contributed by atoms with Gasteiger partial charge in [-0.2, -0.15) is 0 Å². The molecule has 0 fully saturated rings. The molecule has 0 radical (unpaired) electrons. The Balaban J connectivity index is 3.72. The molecule has 0 aliphatic carbocycles. The van der Waals surface area contributed by atoms with E-state index in [4.69, 9.17) is 5.11 Å². The topological polar surface area (TPSA) is 49.3 Å². The lowest BCUT2D eigenvalue weighted by atomic mass is 9.95. The van der Waals surface area contributed by atoms with Crippen molar-refractivity contribution in [3.8, 4) is 0 Å². The highest BCUT2D eigenvalue weighted by Gasteiger charge is 2.11. The van der Waals surface area contributed by atoms with Crippen molar-refractivity contribution < 1.29 is 9.90 Å². The monoisotopic (exact) mass is 199 g/mol. The molecule has 0 saturated carbocycles. The molecule has 14 heavy (non-hydrogen) atoms. The van der Waals surface area contributed by atoms with Crippen molar-refractivity contribution >= 4 is 5.97 Å². The van der Waals surface area contributed by atoms with Crippen molar-refractivity contribution in [3.05, 3.63) is 12.2 Å². The van der Waals surface area contributed by atoms with Crippen LogP contribution in [0.2, 0.25) is 0 Å². The third kappa shape index (κ3) is 5.75. The number of rotatable bonds is 7. The van der Waals surface area contributed by atoms with E-state index in [-0.39, 0.29) is 0 Å². The molecule has 0 aromatic carbocycles. The van der Waals surface area contributed by atoms with Gasteiger partial charge < -0.3 is 10.4 Å². The zero-order chi connectivity index (χ0) is 11.0. The molecular formula is C11H21NO2. The van der Waals surface area contributed by atoms with Gasteiger partial charge in [0.2, 0.25) is 0 Å². The summed E-state index contributed by atoms with van der Waals surface area (Å²) in [5.74, 6) is -0.213. The zero-order valence-electron chi connectivity index (χ0n) is 9.29. The fourth-order valence-electron chi connectivity index (χ4n) is 1.58. The maximum Gasteiger partial charge on any atom is 0.328 e. The van der Waals surface area contributed by atoms with Gasteiger partial charge in [-0.15, -0.1) is 0 Å². The van der Waals surface area contributed by atoms with E-state index in [0.717, 1.165) is 12.8 Å². The van der Waals surface area contributed by atoms with E-state index in [2.05, 4.69) is 26.1 Å². The van der Waals surface area contributed by atoms with Crippen LogP contribution >= 0.6 is 0 Å². The van der Waals surface area contributed by atoms with Gasteiger partial charge >= 0.3 is 5.97 Å². The first-order valence-electron chi connectivity index (χ1n) is 5.24. The third-order valence-electron chi connectivity index (χ3n) is 2.57. The molecule has 82 valence electrons. The number of carbonyl (C=O) groups is 1. The number of hydrogen-bond donors (Lipinski definition) is 2. The van der Waals surface area contributed by atoms with E-state index in [1.807, 2.05) is 0 Å². The molecule has 0 rings (SSSR count). The van der Waals surface area contributed by atoms with Gasteiger partial charge in [-0.05, 0) is 12.8 Å². The summed E-state index contributed by atoms with van der Waals surface area (Å²) in [4.78, 5) is 10.2. The Bertz CT molecular complexity index is 186. The second kappa shape index (κ2) is 7.56. The highest BCUT2D eigenvalue weighted by molar-refractivity contribution is 5.79. The van der Waals surface area contributed by atoms with E-state index in [9.17, 15) is 4.79 Å². The molecule has 2 N–H and O–H groups in total. The first-order valence-corrected chi connectivity index (χ1v) is 5.24. The summed E-state index contributed by atoms with van der Waals surface area (Å²) in [6.07, 6.45) is 5.13. The smallest absolute Gasteiger partial charge is 0.328 e. The summed E-state index contributed by atoms with van der Waals surface area (Å²) in [7, 11) is 0. The third-order valence-corrected chi connectivity index (χ3v) is 2.57. The summed E-state index contributed by atoms with van der Waals surface area (Å²) in [5.41, 5.74) is 0. The predicted octanol–water partition coefficient (Wildman–Crippen LogP) is 2.04. The second-order valence-corrected chi connectivity index (χ2v) is 3.51. The van der Waals surface area contributed by atoms with Crippen LogP contribution in [0.3, 0.4) is 0 Å². The highest BCUT2D eigenvalue weighted by Crippen LogP contribution is 2.11. The second-order valence-electron chi connectivity index (χ2n) is 3.51. The van der Waals surface area contributed by atoms with Crippen molar-refractivity contribution in [2.24, 2.45) is 5.92 Å². The van der Waals surface area contributed by atoms with Crippen LogP contribution in [0.4, 0.5) is 0 Å². The van der Waals surface area contributed by atoms with E-state index >= 15 is 0 Å². The average molecular weight is 199 g/mol. The molecule has 0 aliphatic heterocycles. The molecule has 0 aliphatic rings. The van der Waals surface area contributed by atoms with Crippen LogP contribution in [-0.2, 0) is 4.79 Å². The summed E-state index contributed by atoms with van der Waals surface area (Å²) >= 11 is 0. The molecule has 0 aromatic rings. The lowest BCUT2D eigenvalue weighted by Gasteiger charge is -2.21. The Labute approximate surface area is 86.2 Å². The van der Waals surface area contributed by atoms with Gasteiger partial charge in [-0.25, -0.2) is 4.79 Å². The van der Waals surface area contributed by atoms with Crippen LogP contribution in [0, 0.1) is 5.92 Å². The normalized spacial score (nSPS) is 13.7. The maximum absolute atomic E-state index is 10.2. The maximum atomic E-state index is 10.2. The largest absolute Gasteiger partial charge is 0.478 e.